The van der Waals surface area contributed by atoms with Crippen LogP contribution < -0.4 is 15.8 Å². The van der Waals surface area contributed by atoms with Crippen LogP contribution in [-0.2, 0) is 4.79 Å². The quantitative estimate of drug-likeness (QED) is 0.316. The molecule has 0 aliphatic carbocycles. The van der Waals surface area contributed by atoms with Crippen molar-refractivity contribution in [2.45, 2.75) is 20.3 Å². The highest BCUT2D eigenvalue weighted by atomic mass is 16.5. The van der Waals surface area contributed by atoms with Gasteiger partial charge in [-0.15, -0.1) is 0 Å². The molecule has 1 rings (SSSR count). The minimum atomic E-state index is -0.0136. The Hall–Kier alpha value is -2.24. The fourth-order valence-corrected chi connectivity index (χ4v) is 1.40. The van der Waals surface area contributed by atoms with Gasteiger partial charge < -0.3 is 21.0 Å². The standard InChI is InChI=1S/C13H19N3O3/c1-9(2)7-13(17)15-10-3-5-11(6-4-10)19-8-12(14)16-18/h3-6,9,18H,7-8H2,1-2H3,(H2,14,16)(H,15,17). The maximum Gasteiger partial charge on any atom is 0.224 e. The number of oxime groups is 1. The van der Waals surface area contributed by atoms with Crippen molar-refractivity contribution in [3.8, 4) is 5.75 Å². The van der Waals surface area contributed by atoms with Crippen molar-refractivity contribution in [3.63, 3.8) is 0 Å². The van der Waals surface area contributed by atoms with Gasteiger partial charge in [-0.05, 0) is 30.2 Å². The zero-order valence-corrected chi connectivity index (χ0v) is 11.1. The van der Waals surface area contributed by atoms with E-state index in [2.05, 4.69) is 10.5 Å². The molecule has 6 nitrogen and oxygen atoms in total. The number of amides is 1. The van der Waals surface area contributed by atoms with Gasteiger partial charge in [0, 0.05) is 12.1 Å². The molecule has 0 radical (unpaired) electrons. The zero-order valence-electron chi connectivity index (χ0n) is 11.1. The summed E-state index contributed by atoms with van der Waals surface area (Å²) in [4.78, 5) is 11.6. The molecule has 0 saturated heterocycles. The fraction of sp³-hybridized carbons (Fsp3) is 0.385. The Bertz CT molecular complexity index is 441. The van der Waals surface area contributed by atoms with E-state index in [1.54, 1.807) is 24.3 Å². The molecule has 6 heteroatoms. The number of nitrogens with one attached hydrogen (secondary N) is 1. The molecule has 19 heavy (non-hydrogen) atoms. The van der Waals surface area contributed by atoms with Crippen molar-refractivity contribution in [2.75, 3.05) is 11.9 Å². The van der Waals surface area contributed by atoms with Crippen LogP contribution in [0.2, 0.25) is 0 Å². The minimum Gasteiger partial charge on any atom is -0.486 e. The second-order valence-electron chi connectivity index (χ2n) is 4.55. The average Bonchev–Trinajstić information content (AvgIpc) is 2.36. The molecule has 0 aliphatic heterocycles. The van der Waals surface area contributed by atoms with E-state index in [1.807, 2.05) is 13.8 Å². The molecule has 0 aromatic heterocycles. The summed E-state index contributed by atoms with van der Waals surface area (Å²) in [6.07, 6.45) is 0.488. The lowest BCUT2D eigenvalue weighted by atomic mass is 10.1. The predicted molar refractivity (Wildman–Crippen MR) is 73.4 cm³/mol. The predicted octanol–water partition coefficient (Wildman–Crippen LogP) is 1.80. The maximum absolute atomic E-state index is 11.6. The summed E-state index contributed by atoms with van der Waals surface area (Å²) >= 11 is 0. The SMILES string of the molecule is CC(C)CC(=O)Nc1ccc(OC/C(N)=N/O)cc1. The van der Waals surface area contributed by atoms with E-state index in [1.165, 1.54) is 0 Å². The zero-order chi connectivity index (χ0) is 14.3. The average molecular weight is 265 g/mol. The molecular weight excluding hydrogens is 246 g/mol. The Morgan fingerprint density at radius 3 is 2.58 bits per heavy atom. The molecule has 0 aliphatic rings. The molecule has 0 fully saturated rings. The summed E-state index contributed by atoms with van der Waals surface area (Å²) in [7, 11) is 0. The number of benzene rings is 1. The molecular formula is C13H19N3O3. The third-order valence-corrected chi connectivity index (χ3v) is 2.25. The summed E-state index contributed by atoms with van der Waals surface area (Å²) in [6, 6.07) is 6.88. The van der Waals surface area contributed by atoms with Crippen LogP contribution >= 0.6 is 0 Å². The molecule has 0 heterocycles. The lowest BCUT2D eigenvalue weighted by Gasteiger charge is -2.08. The van der Waals surface area contributed by atoms with Crippen molar-refractivity contribution in [2.24, 2.45) is 16.8 Å². The van der Waals surface area contributed by atoms with Gasteiger partial charge >= 0.3 is 0 Å². The highest BCUT2D eigenvalue weighted by Crippen LogP contribution is 2.16. The first-order valence-corrected chi connectivity index (χ1v) is 6.00. The number of carbonyl (C=O) groups is 1. The third-order valence-electron chi connectivity index (χ3n) is 2.25. The number of nitrogens with zero attached hydrogens (tertiary/aromatic N) is 1. The second kappa shape index (κ2) is 7.25. The van der Waals surface area contributed by atoms with Gasteiger partial charge in [0.2, 0.25) is 5.91 Å². The first-order valence-electron chi connectivity index (χ1n) is 6.00. The lowest BCUT2D eigenvalue weighted by molar-refractivity contribution is -0.116. The number of rotatable bonds is 6. The van der Waals surface area contributed by atoms with Crippen molar-refractivity contribution in [1.82, 2.24) is 0 Å². The first kappa shape index (κ1) is 14.8. The highest BCUT2D eigenvalue weighted by Gasteiger charge is 2.05. The van der Waals surface area contributed by atoms with E-state index in [9.17, 15) is 4.79 Å². The molecule has 1 amide bonds. The molecule has 0 unspecified atom stereocenters. The summed E-state index contributed by atoms with van der Waals surface area (Å²) in [5.74, 6) is 0.881. The van der Waals surface area contributed by atoms with Crippen LogP contribution in [0.5, 0.6) is 5.75 Å². The van der Waals surface area contributed by atoms with Gasteiger partial charge in [0.15, 0.2) is 5.84 Å². The number of amidine groups is 1. The summed E-state index contributed by atoms with van der Waals surface area (Å²) < 4.78 is 5.25. The Kier molecular flexibility index (Phi) is 5.66. The number of nitrogens with two attached hydrogens (primary N) is 1. The van der Waals surface area contributed by atoms with Gasteiger partial charge in [-0.1, -0.05) is 19.0 Å². The Balaban J connectivity index is 2.49. The largest absolute Gasteiger partial charge is 0.486 e. The van der Waals surface area contributed by atoms with Crippen LogP contribution in [0.15, 0.2) is 29.4 Å². The van der Waals surface area contributed by atoms with Crippen molar-refractivity contribution < 1.29 is 14.7 Å². The van der Waals surface area contributed by atoms with Crippen LogP contribution in [0.4, 0.5) is 5.69 Å². The summed E-state index contributed by atoms with van der Waals surface area (Å²) in [5.41, 5.74) is 5.99. The van der Waals surface area contributed by atoms with Gasteiger partial charge in [-0.3, -0.25) is 4.79 Å². The fourth-order valence-electron chi connectivity index (χ4n) is 1.40. The molecule has 0 saturated carbocycles. The molecule has 0 atom stereocenters. The molecule has 4 N–H and O–H groups in total. The molecule has 1 aromatic carbocycles. The molecule has 1 aromatic rings. The van der Waals surface area contributed by atoms with Gasteiger partial charge in [0.25, 0.3) is 0 Å². The van der Waals surface area contributed by atoms with Crippen molar-refractivity contribution in [1.29, 1.82) is 0 Å². The van der Waals surface area contributed by atoms with E-state index in [4.69, 9.17) is 15.7 Å². The topological polar surface area (TPSA) is 96.9 Å². The molecule has 0 bridgehead atoms. The van der Waals surface area contributed by atoms with Gasteiger partial charge in [0.1, 0.15) is 12.4 Å². The van der Waals surface area contributed by atoms with Crippen LogP contribution in [0.25, 0.3) is 0 Å². The van der Waals surface area contributed by atoms with E-state index in [0.29, 0.717) is 23.8 Å². The summed E-state index contributed by atoms with van der Waals surface area (Å²) in [5, 5.41) is 14.0. The summed E-state index contributed by atoms with van der Waals surface area (Å²) in [6.45, 7) is 3.99. The Morgan fingerprint density at radius 2 is 2.05 bits per heavy atom. The first-order chi connectivity index (χ1) is 9.01. The third kappa shape index (κ3) is 5.76. The molecule has 104 valence electrons. The van der Waals surface area contributed by atoms with E-state index < -0.39 is 0 Å². The van der Waals surface area contributed by atoms with Gasteiger partial charge in [0.05, 0.1) is 0 Å². The van der Waals surface area contributed by atoms with Crippen molar-refractivity contribution in [3.05, 3.63) is 24.3 Å². The Morgan fingerprint density at radius 1 is 1.42 bits per heavy atom. The van der Waals surface area contributed by atoms with Gasteiger partial charge in [-0.25, -0.2) is 0 Å². The minimum absolute atomic E-state index is 0.00527. The van der Waals surface area contributed by atoms with Crippen molar-refractivity contribution >= 4 is 17.4 Å². The highest BCUT2D eigenvalue weighted by molar-refractivity contribution is 5.90. The smallest absolute Gasteiger partial charge is 0.224 e. The number of ether oxygens (including phenoxy) is 1. The number of carbonyl (C=O) groups excluding carboxylic acids is 1. The molecule has 0 spiro atoms. The van der Waals surface area contributed by atoms with Crippen LogP contribution in [0.3, 0.4) is 0 Å². The van der Waals surface area contributed by atoms with Crippen LogP contribution in [0.1, 0.15) is 20.3 Å². The maximum atomic E-state index is 11.6. The second-order valence-corrected chi connectivity index (χ2v) is 4.55. The van der Waals surface area contributed by atoms with E-state index in [0.717, 1.165) is 0 Å². The lowest BCUT2D eigenvalue weighted by Crippen LogP contribution is -2.20. The number of hydrogen-bond donors (Lipinski definition) is 3. The van der Waals surface area contributed by atoms with E-state index in [-0.39, 0.29) is 18.3 Å². The Labute approximate surface area is 112 Å². The monoisotopic (exact) mass is 265 g/mol. The number of anilines is 1. The van der Waals surface area contributed by atoms with Crippen LogP contribution in [-0.4, -0.2) is 23.6 Å². The van der Waals surface area contributed by atoms with E-state index >= 15 is 0 Å². The normalized spacial score (nSPS) is 11.4. The number of hydrogen-bond acceptors (Lipinski definition) is 4. The van der Waals surface area contributed by atoms with Crippen LogP contribution in [0, 0.1) is 5.92 Å². The van der Waals surface area contributed by atoms with Gasteiger partial charge in [-0.2, -0.15) is 0 Å².